The highest BCUT2D eigenvalue weighted by Gasteiger charge is 2.20. The monoisotopic (exact) mass is 548 g/mol. The topological polar surface area (TPSA) is 13.1 Å². The molecular formula is C42H26O. The van der Waals surface area contributed by atoms with Gasteiger partial charge in [-0.25, -0.2) is 0 Å². The molecule has 0 N–H and O–H groups in total. The molecule has 1 heteroatoms. The Kier molecular flexibility index (Phi) is 4.83. The zero-order chi connectivity index (χ0) is 30.1. The maximum atomic E-state index is 9.07. The van der Waals surface area contributed by atoms with Gasteiger partial charge < -0.3 is 4.42 Å². The molecule has 43 heavy (non-hydrogen) atoms. The quantitative estimate of drug-likeness (QED) is 0.200. The Morgan fingerprint density at radius 2 is 0.953 bits per heavy atom. The largest absolute Gasteiger partial charge is 0.455 e. The highest BCUT2D eigenvalue weighted by molar-refractivity contribution is 6.26. The number of fused-ring (bicyclic) bond motifs is 7. The number of hydrogen-bond acceptors (Lipinski definition) is 1. The van der Waals surface area contributed by atoms with Crippen LogP contribution in [-0.2, 0) is 0 Å². The molecule has 1 aromatic heterocycles. The molecule has 200 valence electrons. The lowest BCUT2D eigenvalue weighted by atomic mass is 9.84. The summed E-state index contributed by atoms with van der Waals surface area (Å²) in [6.45, 7) is 0. The summed E-state index contributed by atoms with van der Waals surface area (Å²) < 4.78 is 24.5. The molecule has 0 saturated carbocycles. The third-order valence-electron chi connectivity index (χ3n) is 8.69. The van der Waals surface area contributed by atoms with E-state index in [-0.39, 0.29) is 12.1 Å². The molecule has 0 atom stereocenters. The fourth-order valence-electron chi connectivity index (χ4n) is 6.77. The van der Waals surface area contributed by atoms with E-state index in [1.54, 1.807) is 0 Å². The Hall–Kier alpha value is -5.66. The van der Waals surface area contributed by atoms with Crippen molar-refractivity contribution in [2.75, 3.05) is 0 Å². The van der Waals surface area contributed by atoms with Crippen LogP contribution in [0.15, 0.2) is 162 Å². The summed E-state index contributed by atoms with van der Waals surface area (Å²) in [7, 11) is 0. The standard InChI is InChI=1S/C42H26O/c1-2-11-27(12-3-1)28-21-23-30(24-22-28)39-32-15-4-6-17-34(32)41(35-18-7-5-16-33(35)39)37-19-10-13-29-25-26-36-31-14-8-9-20-38(31)43-42(36)40(29)37/h1-26H/i25D,26D. The van der Waals surface area contributed by atoms with Crippen molar-refractivity contribution in [2.45, 2.75) is 0 Å². The average Bonchev–Trinajstić information content (AvgIpc) is 3.49. The molecule has 0 saturated heterocycles. The lowest BCUT2D eigenvalue weighted by Gasteiger charge is -2.19. The molecule has 0 fully saturated rings. The molecule has 1 heterocycles. The van der Waals surface area contributed by atoms with Crippen LogP contribution in [0.3, 0.4) is 0 Å². The third kappa shape index (κ3) is 3.65. The van der Waals surface area contributed by atoms with E-state index in [1.807, 2.05) is 42.5 Å². The summed E-state index contributed by atoms with van der Waals surface area (Å²) >= 11 is 0. The fourth-order valence-corrected chi connectivity index (χ4v) is 6.77. The number of hydrogen-bond donors (Lipinski definition) is 0. The van der Waals surface area contributed by atoms with Crippen molar-refractivity contribution < 1.29 is 7.16 Å². The van der Waals surface area contributed by atoms with Gasteiger partial charge in [0.05, 0.1) is 2.74 Å². The van der Waals surface area contributed by atoms with Gasteiger partial charge >= 0.3 is 0 Å². The minimum atomic E-state index is 0.198. The van der Waals surface area contributed by atoms with Crippen molar-refractivity contribution in [2.24, 2.45) is 0 Å². The molecule has 0 aliphatic carbocycles. The highest BCUT2D eigenvalue weighted by Crippen LogP contribution is 2.47. The Morgan fingerprint density at radius 3 is 1.65 bits per heavy atom. The van der Waals surface area contributed by atoms with E-state index in [0.29, 0.717) is 11.0 Å². The first-order valence-corrected chi connectivity index (χ1v) is 14.6. The van der Waals surface area contributed by atoms with Gasteiger partial charge in [-0.15, -0.1) is 0 Å². The van der Waals surface area contributed by atoms with Gasteiger partial charge in [0.15, 0.2) is 0 Å². The summed E-state index contributed by atoms with van der Waals surface area (Å²) in [6, 6.07) is 50.9. The van der Waals surface area contributed by atoms with Crippen LogP contribution < -0.4 is 0 Å². The molecule has 0 aliphatic heterocycles. The van der Waals surface area contributed by atoms with Gasteiger partial charge in [0.25, 0.3) is 0 Å². The van der Waals surface area contributed by atoms with Crippen LogP contribution in [0.5, 0.6) is 0 Å². The van der Waals surface area contributed by atoms with Gasteiger partial charge in [0.1, 0.15) is 11.2 Å². The third-order valence-corrected chi connectivity index (χ3v) is 8.69. The SMILES string of the molecule is [2H]c1c([2H])c2c3ccccc3oc2c2c(-c3c4ccccc4c(-c4ccc(-c5ccccc5)cc4)c4ccccc34)cccc12. The van der Waals surface area contributed by atoms with E-state index in [0.717, 1.165) is 43.6 Å². The first-order chi connectivity index (χ1) is 22.2. The van der Waals surface area contributed by atoms with E-state index in [9.17, 15) is 0 Å². The van der Waals surface area contributed by atoms with Crippen molar-refractivity contribution in [1.29, 1.82) is 0 Å². The molecule has 0 spiro atoms. The minimum absolute atomic E-state index is 0.198. The van der Waals surface area contributed by atoms with Crippen LogP contribution in [0, 0.1) is 0 Å². The van der Waals surface area contributed by atoms with Gasteiger partial charge in [0, 0.05) is 16.2 Å². The van der Waals surface area contributed by atoms with Gasteiger partial charge in [0.2, 0.25) is 0 Å². The molecule has 9 rings (SSSR count). The van der Waals surface area contributed by atoms with Crippen molar-refractivity contribution in [3.63, 3.8) is 0 Å². The Morgan fingerprint density at radius 1 is 0.395 bits per heavy atom. The van der Waals surface area contributed by atoms with Crippen LogP contribution >= 0.6 is 0 Å². The summed E-state index contributed by atoms with van der Waals surface area (Å²) in [6.07, 6.45) is 0. The molecule has 0 aliphatic rings. The minimum Gasteiger partial charge on any atom is -0.455 e. The molecule has 8 aromatic carbocycles. The van der Waals surface area contributed by atoms with E-state index >= 15 is 0 Å². The number of furan rings is 1. The zero-order valence-corrected chi connectivity index (χ0v) is 23.3. The van der Waals surface area contributed by atoms with Crippen LogP contribution in [-0.4, -0.2) is 0 Å². The molecular weight excluding hydrogens is 520 g/mol. The Balaban J connectivity index is 1.39. The molecule has 1 nitrogen and oxygen atoms in total. The summed E-state index contributed by atoms with van der Waals surface area (Å²) in [5, 5.41) is 7.76. The van der Waals surface area contributed by atoms with Crippen molar-refractivity contribution >= 4 is 54.3 Å². The van der Waals surface area contributed by atoms with Crippen molar-refractivity contribution in [1.82, 2.24) is 0 Å². The normalized spacial score (nSPS) is 12.4. The van der Waals surface area contributed by atoms with E-state index < -0.39 is 0 Å². The lowest BCUT2D eigenvalue weighted by molar-refractivity contribution is 0.673. The smallest absolute Gasteiger partial charge is 0.143 e. The van der Waals surface area contributed by atoms with E-state index in [2.05, 4.69) is 103 Å². The van der Waals surface area contributed by atoms with Crippen LogP contribution in [0.1, 0.15) is 2.74 Å². The highest BCUT2D eigenvalue weighted by atomic mass is 16.3. The van der Waals surface area contributed by atoms with Gasteiger partial charge in [-0.05, 0) is 72.4 Å². The van der Waals surface area contributed by atoms with Crippen LogP contribution in [0.25, 0.3) is 87.6 Å². The zero-order valence-electron chi connectivity index (χ0n) is 25.3. The molecule has 0 amide bonds. The number of rotatable bonds is 3. The first-order valence-electron chi connectivity index (χ1n) is 15.6. The predicted octanol–water partition coefficient (Wildman–Crippen LogP) is 12.0. The second kappa shape index (κ2) is 9.44. The average molecular weight is 549 g/mol. The molecule has 0 unspecified atom stereocenters. The Bertz CT molecular complexity index is 2540. The van der Waals surface area contributed by atoms with Crippen molar-refractivity contribution in [3.8, 4) is 33.4 Å². The van der Waals surface area contributed by atoms with Crippen LogP contribution in [0.4, 0.5) is 0 Å². The lowest BCUT2D eigenvalue weighted by Crippen LogP contribution is -1.92. The Labute approximate surface area is 252 Å². The van der Waals surface area contributed by atoms with Crippen LogP contribution in [0.2, 0.25) is 0 Å². The maximum Gasteiger partial charge on any atom is 0.143 e. The van der Waals surface area contributed by atoms with Gasteiger partial charge in [-0.2, -0.15) is 0 Å². The second-order valence-corrected chi connectivity index (χ2v) is 11.1. The second-order valence-electron chi connectivity index (χ2n) is 11.1. The predicted molar refractivity (Wildman–Crippen MR) is 183 cm³/mol. The molecule has 0 radical (unpaired) electrons. The summed E-state index contributed by atoms with van der Waals surface area (Å²) in [5.41, 5.74) is 8.26. The van der Waals surface area contributed by atoms with Gasteiger partial charge in [-0.3, -0.25) is 0 Å². The summed E-state index contributed by atoms with van der Waals surface area (Å²) in [5.74, 6) is 0. The van der Waals surface area contributed by atoms with Crippen molar-refractivity contribution in [3.05, 3.63) is 158 Å². The molecule has 9 aromatic rings. The van der Waals surface area contributed by atoms with Gasteiger partial charge in [-0.1, -0.05) is 146 Å². The van der Waals surface area contributed by atoms with E-state index in [4.69, 9.17) is 7.16 Å². The number of benzene rings is 8. The van der Waals surface area contributed by atoms with E-state index in [1.165, 1.54) is 33.0 Å². The fraction of sp³-hybridized carbons (Fsp3) is 0. The number of para-hydroxylation sites is 1. The molecule has 0 bridgehead atoms. The summed E-state index contributed by atoms with van der Waals surface area (Å²) in [4.78, 5) is 0. The maximum absolute atomic E-state index is 9.07. The first kappa shape index (κ1) is 22.0.